The Bertz CT molecular complexity index is 1320. The summed E-state index contributed by atoms with van der Waals surface area (Å²) < 4.78 is 2.55. The van der Waals surface area contributed by atoms with Gasteiger partial charge in [-0.2, -0.15) is 0 Å². The summed E-state index contributed by atoms with van der Waals surface area (Å²) in [4.78, 5) is 29.2. The summed E-state index contributed by atoms with van der Waals surface area (Å²) in [5, 5.41) is 14.7. The molecule has 4 rings (SSSR count). The standard InChI is InChI=1S/C22H21N5O2S4/c1-12-4-6-16(13(2)8-12)24-20(29)11-30-21-25-17-7-5-15(9-18(17)33-21)23-19(28)10-31-22-27-26-14(3)32-22/h4-9H,10-11H2,1-3H3,(H,23,28)(H,24,29). The highest BCUT2D eigenvalue weighted by molar-refractivity contribution is 8.02. The lowest BCUT2D eigenvalue weighted by Crippen LogP contribution is -2.14. The minimum atomic E-state index is -0.102. The molecule has 33 heavy (non-hydrogen) atoms. The highest BCUT2D eigenvalue weighted by atomic mass is 32.2. The Morgan fingerprint density at radius 2 is 1.64 bits per heavy atom. The number of aromatic nitrogens is 3. The third kappa shape index (κ3) is 6.53. The van der Waals surface area contributed by atoms with E-state index in [4.69, 9.17) is 0 Å². The first-order valence-electron chi connectivity index (χ1n) is 9.99. The molecule has 0 unspecified atom stereocenters. The number of carbonyl (C=O) groups is 2. The third-order valence-corrected chi connectivity index (χ3v) is 8.60. The van der Waals surface area contributed by atoms with E-state index in [1.165, 1.54) is 46.2 Å². The average Bonchev–Trinajstić information content (AvgIpc) is 3.38. The fraction of sp³-hybridized carbons (Fsp3) is 0.227. The zero-order valence-corrected chi connectivity index (χ0v) is 21.4. The number of carbonyl (C=O) groups excluding carboxylic acids is 2. The summed E-state index contributed by atoms with van der Waals surface area (Å²) in [6, 6.07) is 11.6. The second kappa shape index (κ2) is 10.6. The Kier molecular flexibility index (Phi) is 7.63. The van der Waals surface area contributed by atoms with E-state index in [1.54, 1.807) is 0 Å². The van der Waals surface area contributed by atoms with Crippen molar-refractivity contribution in [1.29, 1.82) is 0 Å². The van der Waals surface area contributed by atoms with Gasteiger partial charge in [0, 0.05) is 11.4 Å². The lowest BCUT2D eigenvalue weighted by Gasteiger charge is -2.08. The number of anilines is 2. The van der Waals surface area contributed by atoms with E-state index in [2.05, 4.69) is 25.8 Å². The van der Waals surface area contributed by atoms with Crippen LogP contribution in [0.4, 0.5) is 11.4 Å². The van der Waals surface area contributed by atoms with Crippen LogP contribution in [-0.2, 0) is 9.59 Å². The first-order chi connectivity index (χ1) is 15.9. The number of thiazole rings is 1. The fourth-order valence-corrected chi connectivity index (χ4v) is 6.49. The largest absolute Gasteiger partial charge is 0.325 e. The van der Waals surface area contributed by atoms with Crippen LogP contribution in [0.2, 0.25) is 0 Å². The zero-order valence-electron chi connectivity index (χ0n) is 18.2. The molecule has 4 aromatic rings. The summed E-state index contributed by atoms with van der Waals surface area (Å²) in [5.74, 6) is 0.377. The Morgan fingerprint density at radius 3 is 2.36 bits per heavy atom. The van der Waals surface area contributed by atoms with Crippen LogP contribution in [0, 0.1) is 20.8 Å². The Morgan fingerprint density at radius 1 is 0.879 bits per heavy atom. The van der Waals surface area contributed by atoms with Gasteiger partial charge >= 0.3 is 0 Å². The van der Waals surface area contributed by atoms with Crippen molar-refractivity contribution in [2.45, 2.75) is 29.5 Å². The Balaban J connectivity index is 1.31. The van der Waals surface area contributed by atoms with Gasteiger partial charge in [-0.05, 0) is 50.6 Å². The molecule has 170 valence electrons. The molecule has 0 saturated heterocycles. The summed E-state index contributed by atoms with van der Waals surface area (Å²) >= 11 is 5.75. The second-order valence-corrected chi connectivity index (χ2v) is 11.9. The van der Waals surface area contributed by atoms with Gasteiger partial charge < -0.3 is 10.6 Å². The van der Waals surface area contributed by atoms with Crippen molar-refractivity contribution in [2.24, 2.45) is 0 Å². The van der Waals surface area contributed by atoms with Crippen molar-refractivity contribution in [1.82, 2.24) is 15.2 Å². The van der Waals surface area contributed by atoms with Crippen LogP contribution in [0.5, 0.6) is 0 Å². The van der Waals surface area contributed by atoms with E-state index in [1.807, 2.05) is 57.2 Å². The van der Waals surface area contributed by atoms with Crippen LogP contribution < -0.4 is 10.6 Å². The SMILES string of the molecule is Cc1ccc(NC(=O)CSc2nc3ccc(NC(=O)CSc4nnc(C)s4)cc3s2)c(C)c1. The molecule has 7 nitrogen and oxygen atoms in total. The highest BCUT2D eigenvalue weighted by Crippen LogP contribution is 2.31. The van der Waals surface area contributed by atoms with E-state index in [9.17, 15) is 9.59 Å². The van der Waals surface area contributed by atoms with Crippen LogP contribution in [0.15, 0.2) is 45.1 Å². The summed E-state index contributed by atoms with van der Waals surface area (Å²) in [6.45, 7) is 5.89. The van der Waals surface area contributed by atoms with E-state index < -0.39 is 0 Å². The summed E-state index contributed by atoms with van der Waals surface area (Å²) in [7, 11) is 0. The molecule has 2 aromatic carbocycles. The number of amides is 2. The van der Waals surface area contributed by atoms with Crippen molar-refractivity contribution in [3.63, 3.8) is 0 Å². The molecule has 0 aliphatic carbocycles. The molecule has 11 heteroatoms. The molecule has 2 N–H and O–H groups in total. The smallest absolute Gasteiger partial charge is 0.234 e. The molecular formula is C22H21N5O2S4. The lowest BCUT2D eigenvalue weighted by molar-refractivity contribution is -0.114. The van der Waals surface area contributed by atoms with Gasteiger partial charge in [0.05, 0.1) is 21.7 Å². The normalized spacial score (nSPS) is 11.0. The molecule has 0 radical (unpaired) electrons. The number of aryl methyl sites for hydroxylation is 3. The number of fused-ring (bicyclic) bond motifs is 1. The van der Waals surface area contributed by atoms with Crippen molar-refractivity contribution < 1.29 is 9.59 Å². The minimum absolute atomic E-state index is 0.0673. The average molecular weight is 516 g/mol. The van der Waals surface area contributed by atoms with Gasteiger partial charge in [-0.25, -0.2) is 4.98 Å². The van der Waals surface area contributed by atoms with Crippen molar-refractivity contribution in [2.75, 3.05) is 22.1 Å². The predicted molar refractivity (Wildman–Crippen MR) is 139 cm³/mol. The second-order valence-electron chi connectivity index (χ2n) is 7.24. The first kappa shape index (κ1) is 23.7. The number of hydrogen-bond donors (Lipinski definition) is 2. The van der Waals surface area contributed by atoms with E-state index in [0.717, 1.165) is 40.7 Å². The van der Waals surface area contributed by atoms with Crippen LogP contribution >= 0.6 is 46.2 Å². The number of thioether (sulfide) groups is 2. The van der Waals surface area contributed by atoms with Crippen LogP contribution in [-0.4, -0.2) is 38.5 Å². The number of nitrogens with zero attached hydrogens (tertiary/aromatic N) is 3. The van der Waals surface area contributed by atoms with Gasteiger partial charge in [0.15, 0.2) is 8.68 Å². The highest BCUT2D eigenvalue weighted by Gasteiger charge is 2.11. The fourth-order valence-electron chi connectivity index (χ4n) is 2.97. The molecule has 0 atom stereocenters. The van der Waals surface area contributed by atoms with E-state index in [-0.39, 0.29) is 23.3 Å². The monoisotopic (exact) mass is 515 g/mol. The maximum absolute atomic E-state index is 12.4. The molecular weight excluding hydrogens is 495 g/mol. The van der Waals surface area contributed by atoms with Gasteiger partial charge in [0.2, 0.25) is 11.8 Å². The topological polar surface area (TPSA) is 96.9 Å². The zero-order chi connectivity index (χ0) is 23.4. The van der Waals surface area contributed by atoms with Crippen molar-refractivity contribution in [3.8, 4) is 0 Å². The number of nitrogens with one attached hydrogen (secondary N) is 2. The Hall–Kier alpha value is -2.47. The number of benzene rings is 2. The summed E-state index contributed by atoms with van der Waals surface area (Å²) in [5.41, 5.74) is 4.59. The van der Waals surface area contributed by atoms with Crippen LogP contribution in [0.25, 0.3) is 10.2 Å². The molecule has 0 fully saturated rings. The third-order valence-electron chi connectivity index (χ3n) is 4.47. The summed E-state index contributed by atoms with van der Waals surface area (Å²) in [6.07, 6.45) is 0. The predicted octanol–water partition coefficient (Wildman–Crippen LogP) is 5.53. The van der Waals surface area contributed by atoms with Crippen molar-refractivity contribution in [3.05, 3.63) is 52.5 Å². The molecule has 0 aliphatic heterocycles. The molecule has 2 amide bonds. The minimum Gasteiger partial charge on any atom is -0.325 e. The number of rotatable bonds is 8. The number of hydrogen-bond acceptors (Lipinski definition) is 9. The van der Waals surface area contributed by atoms with Crippen molar-refractivity contribution >= 4 is 79.6 Å². The van der Waals surface area contributed by atoms with E-state index >= 15 is 0 Å². The van der Waals surface area contributed by atoms with Gasteiger partial charge in [0.1, 0.15) is 5.01 Å². The molecule has 0 spiro atoms. The molecule has 0 bridgehead atoms. The quantitative estimate of drug-likeness (QED) is 0.298. The molecule has 2 aromatic heterocycles. The van der Waals surface area contributed by atoms with Crippen LogP contribution in [0.3, 0.4) is 0 Å². The van der Waals surface area contributed by atoms with Gasteiger partial charge in [-0.1, -0.05) is 52.6 Å². The van der Waals surface area contributed by atoms with E-state index in [0.29, 0.717) is 5.69 Å². The van der Waals surface area contributed by atoms with Crippen LogP contribution in [0.1, 0.15) is 16.1 Å². The maximum Gasteiger partial charge on any atom is 0.234 e. The first-order valence-corrected chi connectivity index (χ1v) is 13.6. The Labute approximate surface area is 207 Å². The molecule has 2 heterocycles. The van der Waals surface area contributed by atoms with Gasteiger partial charge in [-0.3, -0.25) is 9.59 Å². The molecule has 0 saturated carbocycles. The lowest BCUT2D eigenvalue weighted by atomic mass is 10.1. The van der Waals surface area contributed by atoms with Gasteiger partial charge in [0.25, 0.3) is 0 Å². The molecule has 0 aliphatic rings. The van der Waals surface area contributed by atoms with Gasteiger partial charge in [-0.15, -0.1) is 21.5 Å². The maximum atomic E-state index is 12.4.